The van der Waals surface area contributed by atoms with Crippen LogP contribution in [-0.2, 0) is 11.2 Å². The Balaban J connectivity index is 1.25. The van der Waals surface area contributed by atoms with Gasteiger partial charge in [-0.2, -0.15) is 0 Å². The van der Waals surface area contributed by atoms with Crippen molar-refractivity contribution in [1.29, 1.82) is 0 Å². The van der Waals surface area contributed by atoms with Crippen LogP contribution < -0.4 is 20.7 Å². The zero-order valence-corrected chi connectivity index (χ0v) is 26.4. The second-order valence-corrected chi connectivity index (χ2v) is 11.5. The zero-order valence-electron chi connectivity index (χ0n) is 25.6. The van der Waals surface area contributed by atoms with Gasteiger partial charge in [0.2, 0.25) is 11.8 Å². The van der Waals surface area contributed by atoms with Crippen molar-refractivity contribution in [3.63, 3.8) is 0 Å². The molecule has 1 aromatic heterocycles. The average molecular weight is 641 g/mol. The average Bonchev–Trinajstić information content (AvgIpc) is 2.99. The van der Waals surface area contributed by atoms with E-state index in [2.05, 4.69) is 49.8 Å². The number of hydrogen-bond acceptors (Lipinski definition) is 8. The Morgan fingerprint density at radius 1 is 1.02 bits per heavy atom. The van der Waals surface area contributed by atoms with Crippen LogP contribution in [0, 0.1) is 11.6 Å². The standard InChI is InChI=1S/C31H38F2N8O3S/c1-39(2)13-4-14-41-15-11-24(12-16-41)40(3)31(43)37-27-19-29(35-20-34-27)44-26-10-9-23(18-25(26)33)36-30(45)38-28(42)17-21-5-7-22(32)8-6-21/h5-10,18-20,24H,4,11-17H2,1-3H3,(H,34,35,37,43)(H2,36,38,42,45). The number of likely N-dealkylation sites (tertiary alicyclic amines) is 1. The molecule has 1 aliphatic rings. The molecular weight excluding hydrogens is 602 g/mol. The lowest BCUT2D eigenvalue weighted by molar-refractivity contribution is -0.119. The number of aromatic nitrogens is 2. The number of halogens is 2. The summed E-state index contributed by atoms with van der Waals surface area (Å²) in [5.41, 5.74) is 0.899. The lowest BCUT2D eigenvalue weighted by Gasteiger charge is -2.36. The quantitative estimate of drug-likeness (QED) is 0.261. The summed E-state index contributed by atoms with van der Waals surface area (Å²) < 4.78 is 33.5. The van der Waals surface area contributed by atoms with Crippen LogP contribution in [0.4, 0.5) is 25.1 Å². The van der Waals surface area contributed by atoms with Gasteiger partial charge in [0, 0.05) is 44.0 Å². The third kappa shape index (κ3) is 10.7. The minimum Gasteiger partial charge on any atom is -0.436 e. The molecule has 0 atom stereocenters. The molecule has 0 spiro atoms. The molecule has 4 rings (SSSR count). The maximum Gasteiger partial charge on any atom is 0.323 e. The predicted molar refractivity (Wildman–Crippen MR) is 172 cm³/mol. The van der Waals surface area contributed by atoms with Gasteiger partial charge < -0.3 is 30.1 Å². The number of nitrogens with one attached hydrogen (secondary N) is 3. The molecule has 2 heterocycles. The fourth-order valence-electron chi connectivity index (χ4n) is 4.86. The van der Waals surface area contributed by atoms with E-state index in [0.717, 1.165) is 51.5 Å². The SMILES string of the molecule is CN(C)CCCN1CCC(N(C)C(=O)Nc2cc(Oc3ccc(NC(=S)NC(=O)Cc4ccc(F)cc4)cc3F)ncn2)CC1. The number of amides is 3. The van der Waals surface area contributed by atoms with Crippen LogP contribution in [0.2, 0.25) is 0 Å². The highest BCUT2D eigenvalue weighted by Gasteiger charge is 2.25. The van der Waals surface area contributed by atoms with E-state index < -0.39 is 17.5 Å². The van der Waals surface area contributed by atoms with Crippen molar-refractivity contribution in [3.8, 4) is 11.6 Å². The smallest absolute Gasteiger partial charge is 0.323 e. The highest BCUT2D eigenvalue weighted by atomic mass is 32.1. The second-order valence-electron chi connectivity index (χ2n) is 11.1. The summed E-state index contributed by atoms with van der Waals surface area (Å²) in [6, 6.07) is 10.8. The second kappa shape index (κ2) is 16.2. The van der Waals surface area contributed by atoms with Gasteiger partial charge >= 0.3 is 6.03 Å². The third-order valence-electron chi connectivity index (χ3n) is 7.32. The van der Waals surface area contributed by atoms with Crippen molar-refractivity contribution >= 4 is 40.8 Å². The number of piperidine rings is 1. The van der Waals surface area contributed by atoms with E-state index in [9.17, 15) is 18.4 Å². The molecule has 0 radical (unpaired) electrons. The molecule has 3 N–H and O–H groups in total. The maximum atomic E-state index is 14.9. The summed E-state index contributed by atoms with van der Waals surface area (Å²) >= 11 is 5.15. The predicted octanol–water partition coefficient (Wildman–Crippen LogP) is 4.48. The van der Waals surface area contributed by atoms with Gasteiger partial charge in [0.25, 0.3) is 0 Å². The summed E-state index contributed by atoms with van der Waals surface area (Å²) in [6.07, 6.45) is 4.12. The first-order chi connectivity index (χ1) is 21.5. The number of carbonyl (C=O) groups is 2. The summed E-state index contributed by atoms with van der Waals surface area (Å²) in [6.45, 7) is 3.99. The number of ether oxygens (including phenoxy) is 1. The molecule has 0 unspecified atom stereocenters. The molecule has 1 saturated heterocycles. The highest BCUT2D eigenvalue weighted by Crippen LogP contribution is 2.26. The fourth-order valence-corrected chi connectivity index (χ4v) is 5.09. The normalized spacial score (nSPS) is 13.7. The third-order valence-corrected chi connectivity index (χ3v) is 7.52. The van der Waals surface area contributed by atoms with Gasteiger partial charge in [-0.1, -0.05) is 12.1 Å². The molecule has 1 aliphatic heterocycles. The molecule has 11 nitrogen and oxygen atoms in total. The van der Waals surface area contributed by atoms with Crippen LogP contribution in [0.15, 0.2) is 54.9 Å². The van der Waals surface area contributed by atoms with E-state index >= 15 is 0 Å². The minimum absolute atomic E-state index is 0.00225. The number of hydrogen-bond donors (Lipinski definition) is 3. The number of rotatable bonds is 11. The number of carbonyl (C=O) groups excluding carboxylic acids is 2. The largest absolute Gasteiger partial charge is 0.436 e. The minimum atomic E-state index is -0.711. The number of thiocarbonyl (C=S) groups is 1. The molecule has 14 heteroatoms. The Morgan fingerprint density at radius 3 is 2.44 bits per heavy atom. The lowest BCUT2D eigenvalue weighted by Crippen LogP contribution is -2.47. The number of nitrogens with zero attached hydrogens (tertiary/aromatic N) is 5. The molecule has 1 fully saturated rings. The molecule has 0 aliphatic carbocycles. The molecule has 3 aromatic rings. The van der Waals surface area contributed by atoms with Gasteiger partial charge in [0.05, 0.1) is 6.42 Å². The van der Waals surface area contributed by atoms with Crippen LogP contribution in [0.5, 0.6) is 11.6 Å². The Bertz CT molecular complexity index is 1470. The Hall–Kier alpha value is -4.27. The summed E-state index contributed by atoms with van der Waals surface area (Å²) in [7, 11) is 5.92. The van der Waals surface area contributed by atoms with Crippen LogP contribution in [0.25, 0.3) is 0 Å². The van der Waals surface area contributed by atoms with Gasteiger partial charge in [-0.3, -0.25) is 10.1 Å². The number of urea groups is 1. The van der Waals surface area contributed by atoms with Gasteiger partial charge in [-0.25, -0.2) is 23.5 Å². The van der Waals surface area contributed by atoms with E-state index in [1.165, 1.54) is 48.8 Å². The molecule has 45 heavy (non-hydrogen) atoms. The van der Waals surface area contributed by atoms with E-state index in [0.29, 0.717) is 5.56 Å². The molecular formula is C31H38F2N8O3S. The van der Waals surface area contributed by atoms with Crippen molar-refractivity contribution in [2.75, 3.05) is 58.0 Å². The molecule has 3 amide bonds. The molecule has 0 bridgehead atoms. The lowest BCUT2D eigenvalue weighted by atomic mass is 10.0. The van der Waals surface area contributed by atoms with Crippen LogP contribution in [-0.4, -0.2) is 95.1 Å². The van der Waals surface area contributed by atoms with Crippen LogP contribution >= 0.6 is 12.2 Å². The van der Waals surface area contributed by atoms with Crippen molar-refractivity contribution < 1.29 is 23.1 Å². The first-order valence-electron chi connectivity index (χ1n) is 14.6. The molecule has 2 aromatic carbocycles. The monoisotopic (exact) mass is 640 g/mol. The fraction of sp³-hybridized carbons (Fsp3) is 0.387. The van der Waals surface area contributed by atoms with Crippen molar-refractivity contribution in [2.45, 2.75) is 31.7 Å². The Kier molecular flexibility index (Phi) is 12.1. The van der Waals surface area contributed by atoms with Crippen LogP contribution in [0.3, 0.4) is 0 Å². The topological polar surface area (TPSA) is 115 Å². The van der Waals surface area contributed by atoms with Gasteiger partial charge in [0.1, 0.15) is 18.0 Å². The summed E-state index contributed by atoms with van der Waals surface area (Å²) in [5.74, 6) is -1.37. The number of anilines is 2. The Morgan fingerprint density at radius 2 is 1.76 bits per heavy atom. The molecule has 240 valence electrons. The molecule has 0 saturated carbocycles. The zero-order chi connectivity index (χ0) is 32.3. The van der Waals surface area contributed by atoms with Gasteiger partial charge in [-0.15, -0.1) is 0 Å². The van der Waals surface area contributed by atoms with E-state index in [4.69, 9.17) is 17.0 Å². The summed E-state index contributed by atoms with van der Waals surface area (Å²) in [4.78, 5) is 39.6. The Labute approximate surface area is 267 Å². The van der Waals surface area contributed by atoms with Crippen molar-refractivity contribution in [2.24, 2.45) is 0 Å². The first-order valence-corrected chi connectivity index (χ1v) is 15.0. The van der Waals surface area contributed by atoms with Gasteiger partial charge in [-0.05, 0) is 88.5 Å². The summed E-state index contributed by atoms with van der Waals surface area (Å²) in [5, 5.41) is 7.99. The highest BCUT2D eigenvalue weighted by molar-refractivity contribution is 7.80. The number of benzene rings is 2. The van der Waals surface area contributed by atoms with E-state index in [1.54, 1.807) is 11.9 Å². The maximum absolute atomic E-state index is 14.9. The van der Waals surface area contributed by atoms with Crippen molar-refractivity contribution in [1.82, 2.24) is 30.0 Å². The van der Waals surface area contributed by atoms with E-state index in [-0.39, 0.29) is 46.7 Å². The van der Waals surface area contributed by atoms with Gasteiger partial charge in [0.15, 0.2) is 16.7 Å². The van der Waals surface area contributed by atoms with Crippen molar-refractivity contribution in [3.05, 3.63) is 72.1 Å². The van der Waals surface area contributed by atoms with E-state index in [1.807, 2.05) is 0 Å². The van der Waals surface area contributed by atoms with Crippen LogP contribution in [0.1, 0.15) is 24.8 Å². The first kappa shape index (κ1) is 33.6.